The molecule has 1 atom stereocenters. The van der Waals surface area contributed by atoms with Crippen LogP contribution in [0.3, 0.4) is 0 Å². The third-order valence-corrected chi connectivity index (χ3v) is 2.65. The van der Waals surface area contributed by atoms with Crippen LogP contribution in [0.5, 0.6) is 0 Å². The van der Waals surface area contributed by atoms with E-state index < -0.39 is 12.0 Å². The largest absolute Gasteiger partial charge is 0.480 e. The van der Waals surface area contributed by atoms with Gasteiger partial charge in [0, 0.05) is 20.3 Å². The molecule has 0 aliphatic rings. The molecule has 1 aromatic rings. The number of carbonyl (C=O) groups excluding carboxylic acids is 1. The van der Waals surface area contributed by atoms with E-state index in [1.165, 1.54) is 11.1 Å². The molecule has 0 unspecified atom stereocenters. The van der Waals surface area contributed by atoms with Gasteiger partial charge in [-0.1, -0.05) is 13.8 Å². The number of nitrogens with one attached hydrogen (secondary N) is 1. The number of rotatable bonds is 5. The van der Waals surface area contributed by atoms with Crippen LogP contribution in [0.25, 0.3) is 0 Å². The van der Waals surface area contributed by atoms with Crippen LogP contribution in [0.1, 0.15) is 24.2 Å². The fourth-order valence-corrected chi connectivity index (χ4v) is 1.54. The topological polar surface area (TPSA) is 82.5 Å². The molecule has 1 rings (SSSR count). The zero-order valence-electron chi connectivity index (χ0n) is 11.5. The molecule has 1 amide bonds. The van der Waals surface area contributed by atoms with Crippen molar-refractivity contribution < 1.29 is 14.7 Å². The molecule has 1 aromatic heterocycles. The van der Waals surface area contributed by atoms with Gasteiger partial charge in [0.15, 0.2) is 0 Å². The summed E-state index contributed by atoms with van der Waals surface area (Å²) < 4.78 is 0. The van der Waals surface area contributed by atoms with Gasteiger partial charge >= 0.3 is 5.97 Å². The third kappa shape index (κ3) is 3.94. The summed E-state index contributed by atoms with van der Waals surface area (Å²) in [6.45, 7) is 3.63. The molecule has 0 saturated heterocycles. The van der Waals surface area contributed by atoms with Crippen LogP contribution in [0.15, 0.2) is 18.3 Å². The van der Waals surface area contributed by atoms with Crippen LogP contribution in [-0.2, 0) is 4.79 Å². The van der Waals surface area contributed by atoms with Crippen LogP contribution < -0.4 is 5.32 Å². The Bertz CT molecular complexity index is 455. The number of aromatic nitrogens is 1. The number of nitrogens with zero attached hydrogens (tertiary/aromatic N) is 2. The van der Waals surface area contributed by atoms with E-state index in [4.69, 9.17) is 5.11 Å². The fraction of sp³-hybridized carbons (Fsp3) is 0.462. The lowest BCUT2D eigenvalue weighted by atomic mass is 10.1. The number of carboxylic acid groups (broad SMARTS) is 1. The maximum Gasteiger partial charge on any atom is 0.326 e. The van der Waals surface area contributed by atoms with Gasteiger partial charge in [-0.15, -0.1) is 0 Å². The van der Waals surface area contributed by atoms with Gasteiger partial charge in [-0.25, -0.2) is 9.78 Å². The van der Waals surface area contributed by atoms with Gasteiger partial charge in [0.05, 0.1) is 5.56 Å². The molecule has 104 valence electrons. The molecule has 0 aliphatic heterocycles. The molecular formula is C13H19N3O3. The summed E-state index contributed by atoms with van der Waals surface area (Å²) in [5.41, 5.74) is 0.465. The van der Waals surface area contributed by atoms with Crippen molar-refractivity contribution in [1.29, 1.82) is 0 Å². The molecule has 6 heteroatoms. The first-order valence-electron chi connectivity index (χ1n) is 6.00. The lowest BCUT2D eigenvalue weighted by Crippen LogP contribution is -2.34. The van der Waals surface area contributed by atoms with Gasteiger partial charge in [-0.3, -0.25) is 4.79 Å². The van der Waals surface area contributed by atoms with Crippen molar-refractivity contribution in [3.8, 4) is 0 Å². The normalized spacial score (nSPS) is 12.1. The summed E-state index contributed by atoms with van der Waals surface area (Å²) in [7, 11) is 3.32. The molecule has 1 heterocycles. The van der Waals surface area contributed by atoms with Crippen LogP contribution in [0.4, 0.5) is 5.82 Å². The number of hydrogen-bond acceptors (Lipinski definition) is 4. The van der Waals surface area contributed by atoms with Crippen molar-refractivity contribution in [3.63, 3.8) is 0 Å². The minimum Gasteiger partial charge on any atom is -0.480 e. The fourth-order valence-electron chi connectivity index (χ4n) is 1.54. The van der Waals surface area contributed by atoms with E-state index in [2.05, 4.69) is 10.3 Å². The Morgan fingerprint density at radius 1 is 1.32 bits per heavy atom. The van der Waals surface area contributed by atoms with Crippen molar-refractivity contribution in [1.82, 2.24) is 9.88 Å². The molecule has 0 aliphatic carbocycles. The van der Waals surface area contributed by atoms with E-state index in [1.54, 1.807) is 26.2 Å². The number of amides is 1. The highest BCUT2D eigenvalue weighted by Crippen LogP contribution is 2.12. The second kappa shape index (κ2) is 6.17. The average molecular weight is 265 g/mol. The Morgan fingerprint density at radius 2 is 1.95 bits per heavy atom. The van der Waals surface area contributed by atoms with Crippen molar-refractivity contribution in [2.45, 2.75) is 19.9 Å². The molecule has 6 nitrogen and oxygen atoms in total. The molecule has 19 heavy (non-hydrogen) atoms. The zero-order chi connectivity index (χ0) is 14.6. The number of carboxylic acids is 1. The van der Waals surface area contributed by atoms with E-state index >= 15 is 0 Å². The summed E-state index contributed by atoms with van der Waals surface area (Å²) in [4.78, 5) is 28.2. The van der Waals surface area contributed by atoms with Gasteiger partial charge in [0.2, 0.25) is 0 Å². The number of hydrogen-bond donors (Lipinski definition) is 2. The van der Waals surface area contributed by atoms with Gasteiger partial charge in [-0.05, 0) is 18.1 Å². The van der Waals surface area contributed by atoms with E-state index in [-0.39, 0.29) is 11.8 Å². The number of anilines is 1. The SMILES string of the molecule is CC(C)[C@@H](Nc1ccc(C(=O)N(C)C)cn1)C(=O)O. The third-order valence-electron chi connectivity index (χ3n) is 2.65. The van der Waals surface area contributed by atoms with Crippen LogP contribution in [-0.4, -0.2) is 47.0 Å². The number of carbonyl (C=O) groups is 2. The quantitative estimate of drug-likeness (QED) is 0.838. The Hall–Kier alpha value is -2.11. The maximum atomic E-state index is 11.7. The highest BCUT2D eigenvalue weighted by molar-refractivity contribution is 5.93. The Kier molecular flexibility index (Phi) is 4.86. The van der Waals surface area contributed by atoms with E-state index in [9.17, 15) is 9.59 Å². The Morgan fingerprint density at radius 3 is 2.32 bits per heavy atom. The predicted molar refractivity (Wildman–Crippen MR) is 72.1 cm³/mol. The first kappa shape index (κ1) is 14.9. The lowest BCUT2D eigenvalue weighted by Gasteiger charge is -2.18. The lowest BCUT2D eigenvalue weighted by molar-refractivity contribution is -0.138. The Balaban J connectivity index is 2.82. The van der Waals surface area contributed by atoms with E-state index in [0.29, 0.717) is 11.4 Å². The van der Waals surface area contributed by atoms with Crippen molar-refractivity contribution in [3.05, 3.63) is 23.9 Å². The van der Waals surface area contributed by atoms with Crippen LogP contribution in [0, 0.1) is 5.92 Å². The minimum atomic E-state index is -0.926. The predicted octanol–water partition coefficient (Wildman–Crippen LogP) is 1.30. The molecule has 2 N–H and O–H groups in total. The van der Waals surface area contributed by atoms with Gasteiger partial charge in [0.25, 0.3) is 5.91 Å². The first-order valence-corrected chi connectivity index (χ1v) is 6.00. The molecule has 0 fully saturated rings. The van der Waals surface area contributed by atoms with Crippen molar-refractivity contribution >= 4 is 17.7 Å². The standard InChI is InChI=1S/C13H19N3O3/c1-8(2)11(13(18)19)15-10-6-5-9(7-14-10)12(17)16(3)4/h5-8,11H,1-4H3,(H,14,15)(H,18,19)/t11-/m1/s1. The number of aliphatic carboxylic acids is 1. The van der Waals surface area contributed by atoms with Crippen LogP contribution >= 0.6 is 0 Å². The monoisotopic (exact) mass is 265 g/mol. The van der Waals surface area contributed by atoms with Gasteiger partial charge in [0.1, 0.15) is 11.9 Å². The number of pyridine rings is 1. The molecule has 0 spiro atoms. The highest BCUT2D eigenvalue weighted by Gasteiger charge is 2.21. The van der Waals surface area contributed by atoms with E-state index in [0.717, 1.165) is 0 Å². The molecule has 0 bridgehead atoms. The Labute approximate surface area is 112 Å². The molecule has 0 radical (unpaired) electrons. The second-order valence-corrected chi connectivity index (χ2v) is 4.84. The van der Waals surface area contributed by atoms with E-state index in [1.807, 2.05) is 13.8 Å². The molecular weight excluding hydrogens is 246 g/mol. The van der Waals surface area contributed by atoms with Crippen molar-refractivity contribution in [2.24, 2.45) is 5.92 Å². The minimum absolute atomic E-state index is 0.0672. The van der Waals surface area contributed by atoms with Crippen molar-refractivity contribution in [2.75, 3.05) is 19.4 Å². The average Bonchev–Trinajstić information content (AvgIpc) is 2.34. The summed E-state index contributed by atoms with van der Waals surface area (Å²) in [6.07, 6.45) is 1.43. The summed E-state index contributed by atoms with van der Waals surface area (Å²) in [5, 5.41) is 11.9. The van der Waals surface area contributed by atoms with Crippen LogP contribution in [0.2, 0.25) is 0 Å². The highest BCUT2D eigenvalue weighted by atomic mass is 16.4. The summed E-state index contributed by atoms with van der Waals surface area (Å²) in [6, 6.07) is 2.52. The summed E-state index contributed by atoms with van der Waals surface area (Å²) >= 11 is 0. The zero-order valence-corrected chi connectivity index (χ0v) is 11.5. The maximum absolute atomic E-state index is 11.7. The molecule has 0 saturated carbocycles. The van der Waals surface area contributed by atoms with Gasteiger partial charge < -0.3 is 15.3 Å². The smallest absolute Gasteiger partial charge is 0.326 e. The molecule has 0 aromatic carbocycles. The second-order valence-electron chi connectivity index (χ2n) is 4.84. The summed E-state index contributed by atoms with van der Waals surface area (Å²) in [5.74, 6) is -0.693. The first-order chi connectivity index (χ1) is 8.82. The van der Waals surface area contributed by atoms with Gasteiger partial charge in [-0.2, -0.15) is 0 Å².